The molecule has 14 nitrogen and oxygen atoms in total. The first-order chi connectivity index (χ1) is 33.3. The van der Waals surface area contributed by atoms with Crippen LogP contribution in [-0.2, 0) is 20.9 Å². The van der Waals surface area contributed by atoms with E-state index in [1.54, 1.807) is 23.1 Å². The number of ether oxygens (including phenoxy) is 4. The summed E-state index contributed by atoms with van der Waals surface area (Å²) in [5, 5.41) is 36.3. The van der Waals surface area contributed by atoms with Crippen molar-refractivity contribution in [1.82, 2.24) is 9.80 Å². The number of allylic oxidation sites excluding steroid dienone is 1. The van der Waals surface area contributed by atoms with Crippen molar-refractivity contribution < 1.29 is 43.7 Å². The Morgan fingerprint density at radius 2 is 1.63 bits per heavy atom. The van der Waals surface area contributed by atoms with Crippen LogP contribution in [0, 0.1) is 27.9 Å². The van der Waals surface area contributed by atoms with Crippen molar-refractivity contribution >= 4 is 17.5 Å². The third kappa shape index (κ3) is 14.3. The molecule has 2 aromatic rings. The molecule has 0 radical (unpaired) electrons. The highest BCUT2D eigenvalue weighted by Crippen LogP contribution is 2.62. The molecule has 0 bridgehead atoms. The summed E-state index contributed by atoms with van der Waals surface area (Å²) in [5.41, 5.74) is 3.32. The minimum atomic E-state index is -1.40. The van der Waals surface area contributed by atoms with Gasteiger partial charge in [0, 0.05) is 69.4 Å². The number of hydrogen-bond donors (Lipinski definition) is 2. The van der Waals surface area contributed by atoms with Crippen molar-refractivity contribution in [2.75, 3.05) is 59.2 Å². The first-order valence-electron chi connectivity index (χ1n) is 26.0. The number of carbonyl (C=O) groups excluding carboxylic acids is 1. The quantitative estimate of drug-likeness (QED) is 0.0230. The van der Waals surface area contributed by atoms with Gasteiger partial charge < -0.3 is 34.0 Å². The lowest BCUT2D eigenvalue weighted by Gasteiger charge is -2.59. The third-order valence-corrected chi connectivity index (χ3v) is 14.2. The number of oxime groups is 1. The van der Waals surface area contributed by atoms with Crippen LogP contribution in [0.3, 0.4) is 0 Å². The second kappa shape index (κ2) is 27.6. The third-order valence-electron chi connectivity index (χ3n) is 14.2. The van der Waals surface area contributed by atoms with E-state index in [1.165, 1.54) is 57.1 Å². The summed E-state index contributed by atoms with van der Waals surface area (Å²) in [5.74, 6) is -0.483. The van der Waals surface area contributed by atoms with Crippen LogP contribution in [0.4, 0.5) is 10.5 Å². The van der Waals surface area contributed by atoms with Crippen molar-refractivity contribution in [2.24, 2.45) is 22.9 Å². The summed E-state index contributed by atoms with van der Waals surface area (Å²) in [4.78, 5) is 36.0. The molecule has 6 atom stereocenters. The summed E-state index contributed by atoms with van der Waals surface area (Å²) >= 11 is 0. The number of hydrogen-bond acceptors (Lipinski definition) is 12. The van der Waals surface area contributed by atoms with Crippen LogP contribution in [0.5, 0.6) is 11.5 Å². The summed E-state index contributed by atoms with van der Waals surface area (Å²) in [7, 11) is 0. The Morgan fingerprint density at radius 1 is 0.926 bits per heavy atom. The van der Waals surface area contributed by atoms with Gasteiger partial charge in [-0.1, -0.05) is 102 Å². The number of nitro groups is 1. The largest absolute Gasteiger partial charge is 0.492 e. The molecular weight excluding hydrogens is 865 g/mol. The van der Waals surface area contributed by atoms with E-state index in [0.29, 0.717) is 50.5 Å². The van der Waals surface area contributed by atoms with E-state index < -0.39 is 28.8 Å². The van der Waals surface area contributed by atoms with Gasteiger partial charge in [-0.3, -0.25) is 19.9 Å². The number of non-ortho nitro benzene ring substituents is 1. The number of aliphatic hydroxyl groups is 2. The SMILES string of the molecule is C=CCOC12Oc3ccc(OCCN4CC4)cc3C3C(CCCCO)C(CCCCO)C=C(C(=NOCc4ccc([N+](=O)[O-])cc4)CC1N(CCC)C(=O)OCCCCCCCCCCCC)C32. The van der Waals surface area contributed by atoms with Gasteiger partial charge in [0.2, 0.25) is 5.79 Å². The summed E-state index contributed by atoms with van der Waals surface area (Å²) in [6.45, 7) is 13.1. The van der Waals surface area contributed by atoms with Crippen molar-refractivity contribution in [2.45, 2.75) is 154 Å². The molecule has 376 valence electrons. The first kappa shape index (κ1) is 52.9. The highest BCUT2D eigenvalue weighted by molar-refractivity contribution is 6.03. The zero-order chi connectivity index (χ0) is 48.1. The Kier molecular flexibility index (Phi) is 21.5. The van der Waals surface area contributed by atoms with E-state index in [0.717, 1.165) is 87.0 Å². The van der Waals surface area contributed by atoms with E-state index in [2.05, 4.69) is 30.5 Å². The van der Waals surface area contributed by atoms with Gasteiger partial charge in [-0.25, -0.2) is 4.79 Å². The standard InChI is InChI=1S/C54H80N4O10/c1-4-7-8-9-10-11-12-13-14-19-35-65-53(61)57(28-5-2)50-39-48(55-67-40-41-22-24-43(25-23-41)58(62)63)46-37-42(20-15-17-32-59)45(21-16-18-33-60)51-47-38-44(64-36-31-56-29-30-56)26-27-49(47)68-54(50,52(46)51)66-34-6-3/h6,22-27,37-38,42,45,50-52,59-60H,3-5,7-21,28-36,39-40H2,1-2H3. The lowest BCUT2D eigenvalue weighted by Crippen LogP contribution is -2.70. The number of rotatable bonds is 33. The number of benzene rings is 2. The molecule has 0 spiro atoms. The van der Waals surface area contributed by atoms with Crippen LogP contribution < -0.4 is 9.47 Å². The number of carbonyl (C=O) groups is 1. The van der Waals surface area contributed by atoms with Gasteiger partial charge in [-0.15, -0.1) is 6.58 Å². The minimum absolute atomic E-state index is 0.00636. The molecule has 2 aliphatic carbocycles. The fourth-order valence-corrected chi connectivity index (χ4v) is 10.7. The highest BCUT2D eigenvalue weighted by Gasteiger charge is 2.65. The number of aliphatic hydroxyl groups excluding tert-OH is 2. The molecule has 2 fully saturated rings. The maximum absolute atomic E-state index is 14.7. The Labute approximate surface area is 405 Å². The maximum Gasteiger partial charge on any atom is 0.410 e. The predicted molar refractivity (Wildman–Crippen MR) is 265 cm³/mol. The lowest BCUT2D eigenvalue weighted by atomic mass is 9.55. The number of fused-ring (bicyclic) bond motifs is 2. The second-order valence-electron chi connectivity index (χ2n) is 19.1. The number of amides is 1. The Hall–Kier alpha value is -4.50. The molecule has 2 N–H and O–H groups in total. The van der Waals surface area contributed by atoms with Gasteiger partial charge in [0.1, 0.15) is 30.8 Å². The average molecular weight is 945 g/mol. The Balaban J connectivity index is 1.40. The van der Waals surface area contributed by atoms with Crippen LogP contribution in [0.1, 0.15) is 146 Å². The molecule has 2 aromatic carbocycles. The smallest absolute Gasteiger partial charge is 0.410 e. The molecular formula is C54H80N4O10. The first-order valence-corrected chi connectivity index (χ1v) is 26.0. The molecule has 4 aliphatic rings. The van der Waals surface area contributed by atoms with Crippen LogP contribution in [0.25, 0.3) is 0 Å². The average Bonchev–Trinajstić information content (AvgIpc) is 4.18. The molecule has 2 aliphatic heterocycles. The van der Waals surface area contributed by atoms with Gasteiger partial charge in [0.15, 0.2) is 0 Å². The molecule has 14 heteroatoms. The van der Waals surface area contributed by atoms with Crippen LogP contribution in [0.15, 0.2) is 71.9 Å². The summed E-state index contributed by atoms with van der Waals surface area (Å²) < 4.78 is 27.1. The topological polar surface area (TPSA) is 165 Å². The minimum Gasteiger partial charge on any atom is -0.492 e. The van der Waals surface area contributed by atoms with Crippen LogP contribution in [-0.4, -0.2) is 108 Å². The molecule has 1 saturated carbocycles. The second-order valence-corrected chi connectivity index (χ2v) is 19.1. The number of nitrogens with zero attached hydrogens (tertiary/aromatic N) is 4. The fourth-order valence-electron chi connectivity index (χ4n) is 10.7. The molecule has 1 amide bonds. The highest BCUT2D eigenvalue weighted by atomic mass is 16.7. The van der Waals surface area contributed by atoms with Crippen molar-refractivity contribution in [1.29, 1.82) is 0 Å². The molecule has 0 aromatic heterocycles. The van der Waals surface area contributed by atoms with Crippen LogP contribution >= 0.6 is 0 Å². The molecule has 1 saturated heterocycles. The van der Waals surface area contributed by atoms with Crippen molar-refractivity contribution in [3.63, 3.8) is 0 Å². The summed E-state index contributed by atoms with van der Waals surface area (Å²) in [6, 6.07) is 11.6. The molecule has 2 heterocycles. The molecule has 6 unspecified atom stereocenters. The van der Waals surface area contributed by atoms with Gasteiger partial charge in [0.25, 0.3) is 5.69 Å². The number of nitro benzene ring substituents is 1. The van der Waals surface area contributed by atoms with Gasteiger partial charge in [-0.2, -0.15) is 0 Å². The number of unbranched alkanes of at least 4 members (excludes halogenated alkanes) is 11. The van der Waals surface area contributed by atoms with Crippen molar-refractivity contribution in [3.8, 4) is 11.5 Å². The zero-order valence-electron chi connectivity index (χ0n) is 41.0. The van der Waals surface area contributed by atoms with Crippen LogP contribution in [0.2, 0.25) is 0 Å². The summed E-state index contributed by atoms with van der Waals surface area (Å²) in [6.07, 6.45) is 20.9. The van der Waals surface area contributed by atoms with E-state index in [9.17, 15) is 25.1 Å². The fraction of sp³-hybridized carbons (Fsp3) is 0.667. The van der Waals surface area contributed by atoms with E-state index in [-0.39, 0.29) is 56.3 Å². The van der Waals surface area contributed by atoms with Gasteiger partial charge >= 0.3 is 6.09 Å². The lowest BCUT2D eigenvalue weighted by molar-refractivity contribution is -0.384. The van der Waals surface area contributed by atoms with E-state index >= 15 is 0 Å². The molecule has 6 rings (SSSR count). The van der Waals surface area contributed by atoms with Gasteiger partial charge in [0.05, 0.1) is 29.8 Å². The monoisotopic (exact) mass is 945 g/mol. The Bertz CT molecular complexity index is 1940. The van der Waals surface area contributed by atoms with E-state index in [4.69, 9.17) is 28.9 Å². The zero-order valence-corrected chi connectivity index (χ0v) is 41.0. The normalized spacial score (nSPS) is 23.2. The maximum atomic E-state index is 14.7. The van der Waals surface area contributed by atoms with E-state index in [1.807, 2.05) is 19.1 Å². The Morgan fingerprint density at radius 3 is 2.29 bits per heavy atom. The van der Waals surface area contributed by atoms with Gasteiger partial charge in [-0.05, 0) is 91.8 Å². The molecule has 68 heavy (non-hydrogen) atoms. The predicted octanol–water partition coefficient (Wildman–Crippen LogP) is 10.9. The van der Waals surface area contributed by atoms with Crippen molar-refractivity contribution in [3.05, 3.63) is 88.0 Å².